The normalized spacial score (nSPS) is 13.8. The Morgan fingerprint density at radius 1 is 1.83 bits per heavy atom. The minimum atomic E-state index is 0.627. The van der Waals surface area contributed by atoms with Crippen molar-refractivity contribution in [3.63, 3.8) is 0 Å². The summed E-state index contributed by atoms with van der Waals surface area (Å²) in [6, 6.07) is 0. The lowest BCUT2D eigenvalue weighted by atomic mass is 10.3. The molecule has 0 amide bonds. The van der Waals surface area contributed by atoms with Gasteiger partial charge in [-0.05, 0) is 13.8 Å². The van der Waals surface area contributed by atoms with Crippen molar-refractivity contribution in [2.75, 3.05) is 0 Å². The lowest BCUT2D eigenvalue weighted by Gasteiger charge is -1.95. The first-order valence-corrected chi connectivity index (χ1v) is 3.18. The highest BCUT2D eigenvalue weighted by molar-refractivity contribution is 14.1. The quantitative estimate of drug-likeness (QED) is 0.343. The molecule has 0 unspecified atom stereocenters. The molecule has 0 saturated carbocycles. The molecular formula is C5H9I. The van der Waals surface area contributed by atoms with E-state index in [1.54, 1.807) is 0 Å². The van der Waals surface area contributed by atoms with Gasteiger partial charge in [-0.15, -0.1) is 0 Å². The van der Waals surface area contributed by atoms with E-state index in [-0.39, 0.29) is 0 Å². The van der Waals surface area contributed by atoms with E-state index in [4.69, 9.17) is 0 Å². The predicted molar refractivity (Wildman–Crippen MR) is 38.3 cm³/mol. The first kappa shape index (κ1) is 6.47. The third kappa shape index (κ3) is 2.69. The second-order valence-electron chi connectivity index (χ2n) is 1.46. The van der Waals surface area contributed by atoms with E-state index in [0.717, 1.165) is 0 Å². The van der Waals surface area contributed by atoms with Crippen molar-refractivity contribution < 1.29 is 0 Å². The molecule has 0 fully saturated rings. The molecule has 0 aliphatic rings. The lowest BCUT2D eigenvalue weighted by molar-refractivity contribution is 1.17. The molecule has 0 N–H and O–H groups in total. The standard InChI is InChI=1S/C5H9I/c1-4(2)5(3)6/h5H,1H2,2-3H3/t5-/m0/s1. The molecule has 1 atom stereocenters. The van der Waals surface area contributed by atoms with Crippen molar-refractivity contribution >= 4 is 22.6 Å². The van der Waals surface area contributed by atoms with Crippen molar-refractivity contribution in [3.05, 3.63) is 12.2 Å². The van der Waals surface area contributed by atoms with Gasteiger partial charge in [0.15, 0.2) is 0 Å². The molecule has 0 rings (SSSR count). The van der Waals surface area contributed by atoms with Crippen LogP contribution in [0.1, 0.15) is 13.8 Å². The summed E-state index contributed by atoms with van der Waals surface area (Å²) in [6.07, 6.45) is 0. The molecule has 0 aliphatic carbocycles. The molecule has 6 heavy (non-hydrogen) atoms. The molecule has 0 bridgehead atoms. The van der Waals surface area contributed by atoms with Gasteiger partial charge < -0.3 is 0 Å². The van der Waals surface area contributed by atoms with Crippen molar-refractivity contribution in [1.82, 2.24) is 0 Å². The first-order valence-electron chi connectivity index (χ1n) is 1.94. The van der Waals surface area contributed by atoms with Gasteiger partial charge in [0.2, 0.25) is 0 Å². The summed E-state index contributed by atoms with van der Waals surface area (Å²) in [5.41, 5.74) is 1.25. The zero-order valence-corrected chi connectivity index (χ0v) is 6.32. The highest BCUT2D eigenvalue weighted by atomic mass is 127. The predicted octanol–water partition coefficient (Wildman–Crippen LogP) is 2.39. The maximum Gasteiger partial charge on any atom is 0.0285 e. The summed E-state index contributed by atoms with van der Waals surface area (Å²) in [4.78, 5) is 0. The second-order valence-corrected chi connectivity index (χ2v) is 3.33. The van der Waals surface area contributed by atoms with Gasteiger partial charge in [0.05, 0.1) is 0 Å². The van der Waals surface area contributed by atoms with Crippen molar-refractivity contribution in [3.8, 4) is 0 Å². The van der Waals surface area contributed by atoms with Crippen LogP contribution >= 0.6 is 22.6 Å². The zero-order valence-electron chi connectivity index (χ0n) is 4.16. The number of hydrogen-bond acceptors (Lipinski definition) is 0. The van der Waals surface area contributed by atoms with Gasteiger partial charge in [-0.3, -0.25) is 0 Å². The van der Waals surface area contributed by atoms with Crippen molar-refractivity contribution in [1.29, 1.82) is 0 Å². The van der Waals surface area contributed by atoms with Crippen LogP contribution in [-0.2, 0) is 0 Å². The molecule has 0 saturated heterocycles. The van der Waals surface area contributed by atoms with Crippen molar-refractivity contribution in [2.24, 2.45) is 0 Å². The minimum absolute atomic E-state index is 0.627. The van der Waals surface area contributed by atoms with Crippen LogP contribution in [0.5, 0.6) is 0 Å². The van der Waals surface area contributed by atoms with Crippen LogP contribution in [0.15, 0.2) is 12.2 Å². The first-order chi connectivity index (χ1) is 2.64. The molecule has 0 spiro atoms. The van der Waals surface area contributed by atoms with E-state index in [1.165, 1.54) is 5.57 Å². The number of allylic oxidation sites excluding steroid dienone is 1. The Morgan fingerprint density at radius 3 is 2.00 bits per heavy atom. The van der Waals surface area contributed by atoms with Gasteiger partial charge in [0, 0.05) is 3.92 Å². The number of alkyl halides is 1. The summed E-state index contributed by atoms with van der Waals surface area (Å²) in [7, 11) is 0. The molecule has 0 nitrogen and oxygen atoms in total. The molecule has 0 aliphatic heterocycles. The Hall–Kier alpha value is 0.470. The van der Waals surface area contributed by atoms with Gasteiger partial charge in [-0.25, -0.2) is 0 Å². The summed E-state index contributed by atoms with van der Waals surface area (Å²) >= 11 is 2.33. The molecule has 0 radical (unpaired) electrons. The fourth-order valence-corrected chi connectivity index (χ4v) is 0. The average Bonchev–Trinajstić information content (AvgIpc) is 1.36. The van der Waals surface area contributed by atoms with Crippen LogP contribution < -0.4 is 0 Å². The Morgan fingerprint density at radius 2 is 2.00 bits per heavy atom. The molecule has 1 heteroatoms. The third-order valence-corrected chi connectivity index (χ3v) is 1.74. The van der Waals surface area contributed by atoms with Crippen LogP contribution in [0.3, 0.4) is 0 Å². The van der Waals surface area contributed by atoms with Crippen LogP contribution in [0.25, 0.3) is 0 Å². The summed E-state index contributed by atoms with van der Waals surface area (Å²) in [5, 5.41) is 0. The lowest BCUT2D eigenvalue weighted by Crippen LogP contribution is -1.86. The van der Waals surface area contributed by atoms with Crippen LogP contribution in [0.2, 0.25) is 0 Å². The van der Waals surface area contributed by atoms with Gasteiger partial charge in [0.25, 0.3) is 0 Å². The maximum atomic E-state index is 3.75. The Kier molecular flexibility index (Phi) is 2.82. The topological polar surface area (TPSA) is 0 Å². The average molecular weight is 196 g/mol. The van der Waals surface area contributed by atoms with E-state index in [2.05, 4.69) is 36.1 Å². The molecule has 0 heterocycles. The molecule has 0 aromatic heterocycles. The second kappa shape index (κ2) is 2.61. The van der Waals surface area contributed by atoms with E-state index in [9.17, 15) is 0 Å². The molecule has 0 aromatic carbocycles. The van der Waals surface area contributed by atoms with Gasteiger partial charge in [-0.1, -0.05) is 34.7 Å². The Bertz CT molecular complexity index is 55.0. The molecule has 36 valence electrons. The number of hydrogen-bond donors (Lipinski definition) is 0. The Labute approximate surface area is 52.8 Å². The zero-order chi connectivity index (χ0) is 5.15. The van der Waals surface area contributed by atoms with E-state index in [0.29, 0.717) is 3.92 Å². The largest absolute Gasteiger partial charge is 0.0991 e. The Balaban J connectivity index is 3.26. The van der Waals surface area contributed by atoms with Gasteiger partial charge >= 0.3 is 0 Å². The monoisotopic (exact) mass is 196 g/mol. The fraction of sp³-hybridized carbons (Fsp3) is 0.600. The fourth-order valence-electron chi connectivity index (χ4n) is 0. The van der Waals surface area contributed by atoms with Crippen LogP contribution in [0.4, 0.5) is 0 Å². The van der Waals surface area contributed by atoms with Crippen LogP contribution in [0, 0.1) is 0 Å². The molecular weight excluding hydrogens is 187 g/mol. The summed E-state index contributed by atoms with van der Waals surface area (Å²) in [5.74, 6) is 0. The maximum absolute atomic E-state index is 3.75. The highest BCUT2D eigenvalue weighted by Crippen LogP contribution is 2.06. The SMILES string of the molecule is C=C(C)[C@H](C)I. The smallest absolute Gasteiger partial charge is 0.0285 e. The van der Waals surface area contributed by atoms with E-state index < -0.39 is 0 Å². The van der Waals surface area contributed by atoms with Gasteiger partial charge in [-0.2, -0.15) is 0 Å². The highest BCUT2D eigenvalue weighted by Gasteiger charge is 1.89. The number of rotatable bonds is 1. The third-order valence-electron chi connectivity index (χ3n) is 0.679. The van der Waals surface area contributed by atoms with Gasteiger partial charge in [0.1, 0.15) is 0 Å². The minimum Gasteiger partial charge on any atom is -0.0991 e. The summed E-state index contributed by atoms with van der Waals surface area (Å²) in [6.45, 7) is 7.91. The molecule has 0 aromatic rings. The van der Waals surface area contributed by atoms with Crippen molar-refractivity contribution in [2.45, 2.75) is 17.8 Å². The van der Waals surface area contributed by atoms with Crippen LogP contribution in [-0.4, -0.2) is 3.92 Å². The van der Waals surface area contributed by atoms with E-state index >= 15 is 0 Å². The summed E-state index contributed by atoms with van der Waals surface area (Å²) < 4.78 is 0.627. The number of halogens is 1. The van der Waals surface area contributed by atoms with E-state index in [1.807, 2.05) is 6.92 Å².